The van der Waals surface area contributed by atoms with Gasteiger partial charge in [-0.3, -0.25) is 4.79 Å². The van der Waals surface area contributed by atoms with E-state index in [1.807, 2.05) is 30.3 Å². The van der Waals surface area contributed by atoms with Crippen molar-refractivity contribution >= 4 is 12.0 Å². The van der Waals surface area contributed by atoms with Crippen LogP contribution in [0.4, 0.5) is 4.79 Å². The van der Waals surface area contributed by atoms with Gasteiger partial charge in [0.1, 0.15) is 6.61 Å². The molecule has 0 radical (unpaired) electrons. The van der Waals surface area contributed by atoms with Gasteiger partial charge in [0.05, 0.1) is 0 Å². The molecule has 2 fully saturated rings. The first-order chi connectivity index (χ1) is 12.2. The minimum Gasteiger partial charge on any atom is -0.445 e. The molecule has 0 bridgehead atoms. The quantitative estimate of drug-likeness (QED) is 0.910. The van der Waals surface area contributed by atoms with Crippen LogP contribution in [0.2, 0.25) is 0 Å². The zero-order valence-electron chi connectivity index (χ0n) is 14.8. The van der Waals surface area contributed by atoms with Crippen LogP contribution in [-0.2, 0) is 16.1 Å². The Morgan fingerprint density at radius 3 is 2.36 bits per heavy atom. The molecule has 0 spiro atoms. The summed E-state index contributed by atoms with van der Waals surface area (Å²) in [6, 6.07) is 9.89. The molecule has 2 amide bonds. The normalized spacial score (nSPS) is 19.4. The average molecular weight is 344 g/mol. The average Bonchev–Trinajstić information content (AvgIpc) is 2.68. The third-order valence-electron chi connectivity index (χ3n) is 5.28. The number of rotatable bonds is 4. The number of ether oxygens (including phenoxy) is 1. The molecule has 3 rings (SSSR count). The van der Waals surface area contributed by atoms with Gasteiger partial charge in [-0.15, -0.1) is 0 Å². The molecule has 0 atom stereocenters. The first kappa shape index (κ1) is 17.8. The van der Waals surface area contributed by atoms with Crippen molar-refractivity contribution in [2.75, 3.05) is 13.1 Å². The first-order valence-electron chi connectivity index (χ1n) is 9.48. The summed E-state index contributed by atoms with van der Waals surface area (Å²) >= 11 is 0. The number of benzene rings is 1. The number of amides is 2. The number of likely N-dealkylation sites (tertiary alicyclic amines) is 1. The molecule has 1 aliphatic heterocycles. The number of hydrogen-bond acceptors (Lipinski definition) is 3. The maximum Gasteiger partial charge on any atom is 0.410 e. The van der Waals surface area contributed by atoms with Crippen LogP contribution >= 0.6 is 0 Å². The molecule has 1 heterocycles. The maximum atomic E-state index is 12.3. The molecule has 2 aliphatic rings. The molecule has 1 aromatic carbocycles. The molecular weight excluding hydrogens is 316 g/mol. The van der Waals surface area contributed by atoms with Gasteiger partial charge in [-0.2, -0.15) is 0 Å². The number of nitrogens with one attached hydrogen (secondary N) is 1. The van der Waals surface area contributed by atoms with Crippen molar-refractivity contribution in [3.63, 3.8) is 0 Å². The van der Waals surface area contributed by atoms with E-state index in [4.69, 9.17) is 4.74 Å². The predicted molar refractivity (Wildman–Crippen MR) is 95.9 cm³/mol. The Morgan fingerprint density at radius 2 is 1.68 bits per heavy atom. The van der Waals surface area contributed by atoms with E-state index in [2.05, 4.69) is 5.32 Å². The highest BCUT2D eigenvalue weighted by Crippen LogP contribution is 2.24. The van der Waals surface area contributed by atoms with E-state index in [0.29, 0.717) is 19.7 Å². The first-order valence-corrected chi connectivity index (χ1v) is 9.48. The number of carbonyl (C=O) groups is 2. The summed E-state index contributed by atoms with van der Waals surface area (Å²) in [5, 5.41) is 3.19. The van der Waals surface area contributed by atoms with Gasteiger partial charge in [0.15, 0.2) is 0 Å². The molecule has 25 heavy (non-hydrogen) atoms. The molecule has 1 saturated heterocycles. The van der Waals surface area contributed by atoms with Gasteiger partial charge in [-0.25, -0.2) is 4.79 Å². The summed E-state index contributed by atoms with van der Waals surface area (Å²) in [6.45, 7) is 1.59. The van der Waals surface area contributed by atoms with Gasteiger partial charge in [0, 0.05) is 25.0 Å². The number of hydrogen-bond donors (Lipinski definition) is 1. The van der Waals surface area contributed by atoms with E-state index in [1.54, 1.807) is 4.90 Å². The molecular formula is C20H28N2O3. The molecule has 1 saturated carbocycles. The molecule has 0 unspecified atom stereocenters. The van der Waals surface area contributed by atoms with Gasteiger partial charge >= 0.3 is 6.09 Å². The van der Waals surface area contributed by atoms with Crippen molar-refractivity contribution in [1.29, 1.82) is 0 Å². The van der Waals surface area contributed by atoms with Gasteiger partial charge in [0.25, 0.3) is 0 Å². The zero-order chi connectivity index (χ0) is 17.5. The lowest BCUT2D eigenvalue weighted by Gasteiger charge is -2.33. The Balaban J connectivity index is 1.37. The number of piperidine rings is 1. The maximum absolute atomic E-state index is 12.3. The highest BCUT2D eigenvalue weighted by molar-refractivity contribution is 5.79. The predicted octanol–water partition coefficient (Wildman–Crippen LogP) is 3.48. The van der Waals surface area contributed by atoms with E-state index in [1.165, 1.54) is 19.3 Å². The summed E-state index contributed by atoms with van der Waals surface area (Å²) in [5.41, 5.74) is 0.991. The van der Waals surface area contributed by atoms with Crippen LogP contribution in [0.5, 0.6) is 0 Å². The highest BCUT2D eigenvalue weighted by Gasteiger charge is 2.27. The van der Waals surface area contributed by atoms with Crippen LogP contribution in [0, 0.1) is 5.92 Å². The van der Waals surface area contributed by atoms with Crippen LogP contribution in [0.3, 0.4) is 0 Å². The second-order valence-electron chi connectivity index (χ2n) is 7.15. The summed E-state index contributed by atoms with van der Waals surface area (Å²) in [7, 11) is 0. The smallest absolute Gasteiger partial charge is 0.410 e. The van der Waals surface area contributed by atoms with Crippen LogP contribution in [0.1, 0.15) is 50.5 Å². The largest absolute Gasteiger partial charge is 0.445 e. The molecule has 1 aromatic rings. The molecule has 5 heteroatoms. The Morgan fingerprint density at radius 1 is 1.00 bits per heavy atom. The second kappa shape index (κ2) is 8.88. The van der Waals surface area contributed by atoms with E-state index >= 15 is 0 Å². The van der Waals surface area contributed by atoms with Crippen LogP contribution in [-0.4, -0.2) is 36.0 Å². The van der Waals surface area contributed by atoms with Crippen LogP contribution in [0.25, 0.3) is 0 Å². The minimum atomic E-state index is -0.263. The summed E-state index contributed by atoms with van der Waals surface area (Å²) in [6.07, 6.45) is 6.99. The topological polar surface area (TPSA) is 58.6 Å². The lowest BCUT2D eigenvalue weighted by Crippen LogP contribution is -2.48. The summed E-state index contributed by atoms with van der Waals surface area (Å²) in [4.78, 5) is 26.2. The fourth-order valence-corrected chi connectivity index (χ4v) is 3.70. The minimum absolute atomic E-state index is 0.188. The number of carbonyl (C=O) groups excluding carboxylic acids is 2. The Bertz CT molecular complexity index is 562. The SMILES string of the molecule is O=C(NC1CCN(C(=O)OCc2ccccc2)CC1)C1CCCCC1. The lowest BCUT2D eigenvalue weighted by atomic mass is 9.88. The molecule has 0 aromatic heterocycles. The van der Waals surface area contributed by atoms with Crippen molar-refractivity contribution in [2.24, 2.45) is 5.92 Å². The summed E-state index contributed by atoms with van der Waals surface area (Å²) < 4.78 is 5.38. The Hall–Kier alpha value is -2.04. The fourth-order valence-electron chi connectivity index (χ4n) is 3.70. The standard InChI is InChI=1S/C20H28N2O3/c23-19(17-9-5-2-6-10-17)21-18-11-13-22(14-12-18)20(24)25-15-16-7-3-1-4-8-16/h1,3-4,7-8,17-18H,2,5-6,9-15H2,(H,21,23). The fraction of sp³-hybridized carbons (Fsp3) is 0.600. The van der Waals surface area contributed by atoms with Crippen LogP contribution < -0.4 is 5.32 Å². The highest BCUT2D eigenvalue weighted by atomic mass is 16.6. The van der Waals surface area contributed by atoms with Crippen LogP contribution in [0.15, 0.2) is 30.3 Å². The Kier molecular flexibility index (Phi) is 6.31. The van der Waals surface area contributed by atoms with E-state index in [0.717, 1.165) is 31.2 Å². The molecule has 1 aliphatic carbocycles. The molecule has 136 valence electrons. The molecule has 5 nitrogen and oxygen atoms in total. The van der Waals surface area contributed by atoms with Crippen molar-refractivity contribution in [1.82, 2.24) is 10.2 Å². The van der Waals surface area contributed by atoms with Gasteiger partial charge < -0.3 is 15.0 Å². The third kappa shape index (κ3) is 5.21. The van der Waals surface area contributed by atoms with Gasteiger partial charge in [0.2, 0.25) is 5.91 Å². The van der Waals surface area contributed by atoms with E-state index in [9.17, 15) is 9.59 Å². The third-order valence-corrected chi connectivity index (χ3v) is 5.28. The lowest BCUT2D eigenvalue weighted by molar-refractivity contribution is -0.126. The second-order valence-corrected chi connectivity index (χ2v) is 7.15. The Labute approximate surface area is 149 Å². The van der Waals surface area contributed by atoms with Gasteiger partial charge in [-0.05, 0) is 31.2 Å². The van der Waals surface area contributed by atoms with Crippen molar-refractivity contribution in [2.45, 2.75) is 57.6 Å². The number of nitrogens with zero attached hydrogens (tertiary/aromatic N) is 1. The molecule has 1 N–H and O–H groups in total. The zero-order valence-corrected chi connectivity index (χ0v) is 14.8. The monoisotopic (exact) mass is 344 g/mol. The summed E-state index contributed by atoms with van der Waals surface area (Å²) in [5.74, 6) is 0.410. The van der Waals surface area contributed by atoms with E-state index in [-0.39, 0.29) is 24.0 Å². The van der Waals surface area contributed by atoms with E-state index < -0.39 is 0 Å². The van der Waals surface area contributed by atoms with Crippen molar-refractivity contribution in [3.8, 4) is 0 Å². The van der Waals surface area contributed by atoms with Crippen molar-refractivity contribution in [3.05, 3.63) is 35.9 Å². The van der Waals surface area contributed by atoms with Crippen molar-refractivity contribution < 1.29 is 14.3 Å². The van der Waals surface area contributed by atoms with Gasteiger partial charge in [-0.1, -0.05) is 49.6 Å².